The van der Waals surface area contributed by atoms with Crippen molar-refractivity contribution < 1.29 is 0 Å². The standard InChI is InChI=1S/C12H19N3S/c1-16-11-2-3-12(13)10(8-11)9-15-6-4-14-5-7-15/h2-3,8,14H,4-7,9,13H2,1H3. The Labute approximate surface area is 101 Å². The minimum atomic E-state index is 0.913. The number of nitrogens with two attached hydrogens (primary N) is 1. The molecule has 0 amide bonds. The lowest BCUT2D eigenvalue weighted by Crippen LogP contribution is -2.42. The van der Waals surface area contributed by atoms with E-state index in [1.54, 1.807) is 11.8 Å². The maximum atomic E-state index is 6.01. The van der Waals surface area contributed by atoms with Crippen molar-refractivity contribution in [1.29, 1.82) is 0 Å². The summed E-state index contributed by atoms with van der Waals surface area (Å²) in [6.45, 7) is 5.37. The number of hydrogen-bond acceptors (Lipinski definition) is 4. The first-order chi connectivity index (χ1) is 7.79. The van der Waals surface area contributed by atoms with Crippen LogP contribution in [0.4, 0.5) is 5.69 Å². The maximum absolute atomic E-state index is 6.01. The fourth-order valence-electron chi connectivity index (χ4n) is 1.96. The molecule has 1 aliphatic rings. The van der Waals surface area contributed by atoms with Crippen LogP contribution in [0.5, 0.6) is 0 Å². The minimum absolute atomic E-state index is 0.913. The van der Waals surface area contributed by atoms with E-state index < -0.39 is 0 Å². The average molecular weight is 237 g/mol. The first kappa shape index (κ1) is 11.8. The Morgan fingerprint density at radius 3 is 2.81 bits per heavy atom. The third kappa shape index (κ3) is 2.90. The van der Waals surface area contributed by atoms with Crippen LogP contribution in [0.2, 0.25) is 0 Å². The average Bonchev–Trinajstić information content (AvgIpc) is 2.33. The Morgan fingerprint density at radius 1 is 1.38 bits per heavy atom. The van der Waals surface area contributed by atoms with Crippen molar-refractivity contribution in [1.82, 2.24) is 10.2 Å². The van der Waals surface area contributed by atoms with Crippen LogP contribution >= 0.6 is 11.8 Å². The van der Waals surface area contributed by atoms with E-state index in [2.05, 4.69) is 28.6 Å². The summed E-state index contributed by atoms with van der Waals surface area (Å²) in [5.41, 5.74) is 8.18. The van der Waals surface area contributed by atoms with Gasteiger partial charge in [-0.25, -0.2) is 0 Å². The van der Waals surface area contributed by atoms with Gasteiger partial charge in [0.25, 0.3) is 0 Å². The number of benzene rings is 1. The molecule has 1 aliphatic heterocycles. The lowest BCUT2D eigenvalue weighted by Gasteiger charge is -2.27. The van der Waals surface area contributed by atoms with Crippen LogP contribution in [0.3, 0.4) is 0 Å². The highest BCUT2D eigenvalue weighted by molar-refractivity contribution is 7.98. The van der Waals surface area contributed by atoms with Crippen LogP contribution in [0.15, 0.2) is 23.1 Å². The number of piperazine rings is 1. The first-order valence-corrected chi connectivity index (χ1v) is 6.87. The molecule has 1 fully saturated rings. The van der Waals surface area contributed by atoms with E-state index in [0.717, 1.165) is 38.4 Å². The molecule has 0 saturated carbocycles. The summed E-state index contributed by atoms with van der Waals surface area (Å²) < 4.78 is 0. The van der Waals surface area contributed by atoms with Gasteiger partial charge in [-0.05, 0) is 30.0 Å². The summed E-state index contributed by atoms with van der Waals surface area (Å²) in [4.78, 5) is 3.74. The fraction of sp³-hybridized carbons (Fsp3) is 0.500. The van der Waals surface area contributed by atoms with Gasteiger partial charge in [-0.15, -0.1) is 11.8 Å². The molecule has 1 heterocycles. The zero-order valence-electron chi connectivity index (χ0n) is 9.70. The van der Waals surface area contributed by atoms with Crippen molar-refractivity contribution in [3.63, 3.8) is 0 Å². The predicted molar refractivity (Wildman–Crippen MR) is 70.8 cm³/mol. The lowest BCUT2D eigenvalue weighted by atomic mass is 10.1. The fourth-order valence-corrected chi connectivity index (χ4v) is 2.42. The topological polar surface area (TPSA) is 41.3 Å². The molecule has 16 heavy (non-hydrogen) atoms. The van der Waals surface area contributed by atoms with Gasteiger partial charge in [-0.1, -0.05) is 0 Å². The number of rotatable bonds is 3. The molecule has 4 heteroatoms. The summed E-state index contributed by atoms with van der Waals surface area (Å²) >= 11 is 1.77. The number of nitrogens with zero attached hydrogens (tertiary/aromatic N) is 1. The molecular formula is C12H19N3S. The van der Waals surface area contributed by atoms with E-state index in [-0.39, 0.29) is 0 Å². The Bertz CT molecular complexity index is 348. The molecule has 3 N–H and O–H groups in total. The molecule has 0 bridgehead atoms. The van der Waals surface area contributed by atoms with E-state index in [1.165, 1.54) is 10.5 Å². The molecular weight excluding hydrogens is 218 g/mol. The van der Waals surface area contributed by atoms with E-state index in [4.69, 9.17) is 5.73 Å². The molecule has 3 nitrogen and oxygen atoms in total. The highest BCUT2D eigenvalue weighted by Crippen LogP contribution is 2.22. The van der Waals surface area contributed by atoms with Gasteiger partial charge in [0.05, 0.1) is 0 Å². The highest BCUT2D eigenvalue weighted by atomic mass is 32.2. The van der Waals surface area contributed by atoms with E-state index in [9.17, 15) is 0 Å². The number of anilines is 1. The summed E-state index contributed by atoms with van der Waals surface area (Å²) in [6, 6.07) is 6.31. The minimum Gasteiger partial charge on any atom is -0.398 e. The van der Waals surface area contributed by atoms with Crippen molar-refractivity contribution in [2.75, 3.05) is 38.2 Å². The van der Waals surface area contributed by atoms with Crippen LogP contribution in [-0.2, 0) is 6.54 Å². The molecule has 0 spiro atoms. The van der Waals surface area contributed by atoms with Crippen molar-refractivity contribution >= 4 is 17.4 Å². The zero-order chi connectivity index (χ0) is 11.4. The number of thioether (sulfide) groups is 1. The molecule has 0 aliphatic carbocycles. The second-order valence-corrected chi connectivity index (χ2v) is 4.97. The Balaban J connectivity index is 2.06. The van der Waals surface area contributed by atoms with Crippen molar-refractivity contribution in [3.05, 3.63) is 23.8 Å². The molecule has 2 rings (SSSR count). The highest BCUT2D eigenvalue weighted by Gasteiger charge is 2.11. The van der Waals surface area contributed by atoms with Crippen molar-refractivity contribution in [2.45, 2.75) is 11.4 Å². The second-order valence-electron chi connectivity index (χ2n) is 4.09. The normalized spacial score (nSPS) is 17.6. The first-order valence-electron chi connectivity index (χ1n) is 5.65. The van der Waals surface area contributed by atoms with Crippen LogP contribution in [-0.4, -0.2) is 37.3 Å². The van der Waals surface area contributed by atoms with E-state index >= 15 is 0 Å². The van der Waals surface area contributed by atoms with Gasteiger partial charge in [-0.2, -0.15) is 0 Å². The van der Waals surface area contributed by atoms with Crippen molar-refractivity contribution in [3.8, 4) is 0 Å². The van der Waals surface area contributed by atoms with Gasteiger partial charge in [0.15, 0.2) is 0 Å². The Hall–Kier alpha value is -0.710. The molecule has 0 aromatic heterocycles. The Kier molecular flexibility index (Phi) is 4.09. The van der Waals surface area contributed by atoms with Gasteiger partial charge >= 0.3 is 0 Å². The van der Waals surface area contributed by atoms with Crippen molar-refractivity contribution in [2.24, 2.45) is 0 Å². The predicted octanol–water partition coefficient (Wildman–Crippen LogP) is 1.40. The summed E-state index contributed by atoms with van der Waals surface area (Å²) in [5.74, 6) is 0. The number of nitrogen functional groups attached to an aromatic ring is 1. The molecule has 0 radical (unpaired) electrons. The Morgan fingerprint density at radius 2 is 2.12 bits per heavy atom. The quantitative estimate of drug-likeness (QED) is 0.616. The zero-order valence-corrected chi connectivity index (χ0v) is 10.5. The van der Waals surface area contributed by atoms with Crippen LogP contribution in [0.1, 0.15) is 5.56 Å². The smallest absolute Gasteiger partial charge is 0.0360 e. The second kappa shape index (κ2) is 5.57. The van der Waals surface area contributed by atoms with E-state index in [1.807, 2.05) is 6.07 Å². The summed E-state index contributed by atoms with van der Waals surface area (Å²) in [7, 11) is 0. The number of hydrogen-bond donors (Lipinski definition) is 2. The monoisotopic (exact) mass is 237 g/mol. The SMILES string of the molecule is CSc1ccc(N)c(CN2CCNCC2)c1. The van der Waals surface area contributed by atoms with Crippen LogP contribution in [0.25, 0.3) is 0 Å². The summed E-state index contributed by atoms with van der Waals surface area (Å²) in [5, 5.41) is 3.36. The maximum Gasteiger partial charge on any atom is 0.0360 e. The van der Waals surface area contributed by atoms with Crippen LogP contribution < -0.4 is 11.1 Å². The largest absolute Gasteiger partial charge is 0.398 e. The third-order valence-electron chi connectivity index (χ3n) is 2.95. The van der Waals surface area contributed by atoms with Gasteiger partial charge in [0, 0.05) is 43.3 Å². The van der Waals surface area contributed by atoms with E-state index in [0.29, 0.717) is 0 Å². The molecule has 88 valence electrons. The molecule has 1 aromatic rings. The molecule has 0 unspecified atom stereocenters. The van der Waals surface area contributed by atoms with Gasteiger partial charge in [-0.3, -0.25) is 4.90 Å². The van der Waals surface area contributed by atoms with Gasteiger partial charge < -0.3 is 11.1 Å². The third-order valence-corrected chi connectivity index (χ3v) is 3.68. The molecule has 0 atom stereocenters. The lowest BCUT2D eigenvalue weighted by molar-refractivity contribution is 0.233. The molecule has 1 saturated heterocycles. The molecule has 1 aromatic carbocycles. The number of nitrogens with one attached hydrogen (secondary N) is 1. The van der Waals surface area contributed by atoms with Gasteiger partial charge in [0.2, 0.25) is 0 Å². The van der Waals surface area contributed by atoms with Gasteiger partial charge in [0.1, 0.15) is 0 Å². The summed E-state index contributed by atoms with van der Waals surface area (Å²) in [6.07, 6.45) is 2.10. The van der Waals surface area contributed by atoms with Crippen LogP contribution in [0, 0.1) is 0 Å².